The molecule has 0 bridgehead atoms. The highest BCUT2D eigenvalue weighted by atomic mass is 32.1. The number of ether oxygens (including phenoxy) is 3. The predicted octanol–water partition coefficient (Wildman–Crippen LogP) is 1.73. The van der Waals surface area contributed by atoms with Gasteiger partial charge in [-0.05, 0) is 24.4 Å². The molecule has 0 amide bonds. The third kappa shape index (κ3) is 3.48. The van der Waals surface area contributed by atoms with Crippen LogP contribution in [0, 0.1) is 0 Å². The fourth-order valence-electron chi connectivity index (χ4n) is 1.88. The van der Waals surface area contributed by atoms with Crippen LogP contribution in [0.5, 0.6) is 11.5 Å². The van der Waals surface area contributed by atoms with Gasteiger partial charge in [-0.3, -0.25) is 0 Å². The molecule has 1 aromatic carbocycles. The lowest BCUT2D eigenvalue weighted by Gasteiger charge is -2.29. The average Bonchev–Trinajstić information content (AvgIpc) is 2.48. The topological polar surface area (TPSA) is 43.0 Å². The molecule has 1 N–H and O–H groups in total. The molecule has 0 unspecified atom stereocenters. The minimum atomic E-state index is 0.678. The Morgan fingerprint density at radius 2 is 1.89 bits per heavy atom. The van der Waals surface area contributed by atoms with Crippen LogP contribution in [-0.2, 0) is 4.74 Å². The van der Waals surface area contributed by atoms with Crippen LogP contribution >= 0.6 is 12.2 Å². The first-order chi connectivity index (χ1) is 9.24. The van der Waals surface area contributed by atoms with E-state index in [1.165, 1.54) is 0 Å². The SMILES string of the molecule is COc1ccc(NC(=S)N2CCOCC2)cc1OC. The van der Waals surface area contributed by atoms with Gasteiger partial charge in [0.2, 0.25) is 0 Å². The second-order valence-electron chi connectivity index (χ2n) is 4.10. The van der Waals surface area contributed by atoms with Crippen molar-refractivity contribution < 1.29 is 14.2 Å². The summed E-state index contributed by atoms with van der Waals surface area (Å²) in [6, 6.07) is 5.63. The van der Waals surface area contributed by atoms with Gasteiger partial charge in [0.05, 0.1) is 27.4 Å². The fraction of sp³-hybridized carbons (Fsp3) is 0.462. The monoisotopic (exact) mass is 282 g/mol. The van der Waals surface area contributed by atoms with Crippen molar-refractivity contribution in [1.29, 1.82) is 0 Å². The highest BCUT2D eigenvalue weighted by Gasteiger charge is 2.14. The van der Waals surface area contributed by atoms with Gasteiger partial charge in [-0.15, -0.1) is 0 Å². The standard InChI is InChI=1S/C13H18N2O3S/c1-16-11-4-3-10(9-12(11)17-2)14-13(19)15-5-7-18-8-6-15/h3-4,9H,5-8H2,1-2H3,(H,14,19). The molecule has 19 heavy (non-hydrogen) atoms. The molecule has 2 rings (SSSR count). The summed E-state index contributed by atoms with van der Waals surface area (Å²) in [5, 5.41) is 3.91. The van der Waals surface area contributed by atoms with Crippen molar-refractivity contribution in [2.75, 3.05) is 45.8 Å². The molecule has 5 nitrogen and oxygen atoms in total. The van der Waals surface area contributed by atoms with E-state index in [1.807, 2.05) is 18.2 Å². The van der Waals surface area contributed by atoms with Crippen LogP contribution in [0.25, 0.3) is 0 Å². The smallest absolute Gasteiger partial charge is 0.173 e. The molecule has 1 saturated heterocycles. The Labute approximate surface area is 118 Å². The van der Waals surface area contributed by atoms with Crippen molar-refractivity contribution >= 4 is 23.0 Å². The van der Waals surface area contributed by atoms with E-state index < -0.39 is 0 Å². The first kappa shape index (κ1) is 13.9. The Morgan fingerprint density at radius 3 is 2.53 bits per heavy atom. The molecule has 0 aliphatic carbocycles. The maximum Gasteiger partial charge on any atom is 0.173 e. The van der Waals surface area contributed by atoms with Crippen LogP contribution in [0.1, 0.15) is 0 Å². The van der Waals surface area contributed by atoms with Crippen molar-refractivity contribution in [3.05, 3.63) is 18.2 Å². The molecule has 1 aliphatic rings. The lowest BCUT2D eigenvalue weighted by Crippen LogP contribution is -2.42. The molecule has 0 radical (unpaired) electrons. The zero-order valence-corrected chi connectivity index (χ0v) is 12.0. The Hall–Kier alpha value is -1.53. The number of thiocarbonyl (C=S) groups is 1. The first-order valence-electron chi connectivity index (χ1n) is 6.10. The Bertz CT molecular complexity index is 448. The highest BCUT2D eigenvalue weighted by Crippen LogP contribution is 2.29. The number of hydrogen-bond acceptors (Lipinski definition) is 4. The molecule has 104 valence electrons. The van der Waals surface area contributed by atoms with Crippen LogP contribution < -0.4 is 14.8 Å². The van der Waals surface area contributed by atoms with E-state index in [1.54, 1.807) is 14.2 Å². The van der Waals surface area contributed by atoms with Gasteiger partial charge in [-0.25, -0.2) is 0 Å². The molecular weight excluding hydrogens is 264 g/mol. The molecule has 1 fully saturated rings. The molecule has 0 spiro atoms. The third-order valence-corrected chi connectivity index (χ3v) is 3.29. The quantitative estimate of drug-likeness (QED) is 0.852. The predicted molar refractivity (Wildman–Crippen MR) is 78.2 cm³/mol. The second-order valence-corrected chi connectivity index (χ2v) is 4.49. The summed E-state index contributed by atoms with van der Waals surface area (Å²) in [6.45, 7) is 3.07. The summed E-state index contributed by atoms with van der Waals surface area (Å²) in [7, 11) is 3.23. The van der Waals surface area contributed by atoms with Crippen molar-refractivity contribution in [2.45, 2.75) is 0 Å². The lowest BCUT2D eigenvalue weighted by atomic mass is 10.2. The van der Waals surface area contributed by atoms with Crippen LogP contribution in [0.15, 0.2) is 18.2 Å². The lowest BCUT2D eigenvalue weighted by molar-refractivity contribution is 0.0690. The number of nitrogens with zero attached hydrogens (tertiary/aromatic N) is 1. The molecular formula is C13H18N2O3S. The summed E-state index contributed by atoms with van der Waals surface area (Å²) >= 11 is 5.38. The van der Waals surface area contributed by atoms with Crippen molar-refractivity contribution in [3.63, 3.8) is 0 Å². The number of hydrogen-bond donors (Lipinski definition) is 1. The second kappa shape index (κ2) is 6.58. The summed E-state index contributed by atoms with van der Waals surface area (Å²) in [5.41, 5.74) is 0.883. The van der Waals surface area contributed by atoms with Gasteiger partial charge < -0.3 is 24.4 Å². The van der Waals surface area contributed by atoms with E-state index in [0.717, 1.165) is 18.8 Å². The van der Waals surface area contributed by atoms with E-state index in [2.05, 4.69) is 10.2 Å². The number of anilines is 1. The van der Waals surface area contributed by atoms with Crippen LogP contribution in [0.3, 0.4) is 0 Å². The fourth-order valence-corrected chi connectivity index (χ4v) is 2.18. The van der Waals surface area contributed by atoms with E-state index in [9.17, 15) is 0 Å². The summed E-state index contributed by atoms with van der Waals surface area (Å²) in [5.74, 6) is 1.38. The van der Waals surface area contributed by atoms with Crippen LogP contribution in [-0.4, -0.2) is 50.5 Å². The summed E-state index contributed by atoms with van der Waals surface area (Å²) < 4.78 is 15.8. The number of benzene rings is 1. The van der Waals surface area contributed by atoms with Crippen LogP contribution in [0.4, 0.5) is 5.69 Å². The van der Waals surface area contributed by atoms with Crippen LogP contribution in [0.2, 0.25) is 0 Å². The molecule has 0 atom stereocenters. The normalized spacial score (nSPS) is 14.9. The maximum atomic E-state index is 5.38. The Morgan fingerprint density at radius 1 is 1.21 bits per heavy atom. The zero-order valence-electron chi connectivity index (χ0n) is 11.1. The molecule has 1 aromatic rings. The van der Waals surface area contributed by atoms with Gasteiger partial charge in [-0.2, -0.15) is 0 Å². The van der Waals surface area contributed by atoms with Gasteiger partial charge in [0.1, 0.15) is 0 Å². The number of morpholine rings is 1. The number of rotatable bonds is 3. The van der Waals surface area contributed by atoms with E-state index >= 15 is 0 Å². The minimum Gasteiger partial charge on any atom is -0.493 e. The maximum absolute atomic E-state index is 5.38. The van der Waals surface area contributed by atoms with Gasteiger partial charge in [0.25, 0.3) is 0 Å². The zero-order chi connectivity index (χ0) is 13.7. The van der Waals surface area contributed by atoms with Gasteiger partial charge in [0, 0.05) is 24.8 Å². The van der Waals surface area contributed by atoms with Gasteiger partial charge in [0.15, 0.2) is 16.6 Å². The highest BCUT2D eigenvalue weighted by molar-refractivity contribution is 7.80. The average molecular weight is 282 g/mol. The van der Waals surface area contributed by atoms with Crippen molar-refractivity contribution in [1.82, 2.24) is 4.90 Å². The molecule has 0 saturated carbocycles. The minimum absolute atomic E-state index is 0.678. The largest absolute Gasteiger partial charge is 0.493 e. The number of nitrogens with one attached hydrogen (secondary N) is 1. The third-order valence-electron chi connectivity index (χ3n) is 2.93. The molecule has 1 heterocycles. The van der Waals surface area contributed by atoms with Gasteiger partial charge in [-0.1, -0.05) is 0 Å². The van der Waals surface area contributed by atoms with Crippen molar-refractivity contribution in [3.8, 4) is 11.5 Å². The summed E-state index contributed by atoms with van der Waals surface area (Å²) in [6.07, 6.45) is 0. The van der Waals surface area contributed by atoms with E-state index in [4.69, 9.17) is 26.4 Å². The van der Waals surface area contributed by atoms with E-state index in [0.29, 0.717) is 29.8 Å². The molecule has 6 heteroatoms. The Balaban J connectivity index is 2.03. The first-order valence-corrected chi connectivity index (χ1v) is 6.51. The molecule has 1 aliphatic heterocycles. The summed E-state index contributed by atoms with van der Waals surface area (Å²) in [4.78, 5) is 2.09. The Kier molecular flexibility index (Phi) is 4.81. The number of methoxy groups -OCH3 is 2. The van der Waals surface area contributed by atoms with Crippen molar-refractivity contribution in [2.24, 2.45) is 0 Å². The van der Waals surface area contributed by atoms with E-state index in [-0.39, 0.29) is 0 Å². The van der Waals surface area contributed by atoms with Gasteiger partial charge >= 0.3 is 0 Å². The molecule has 0 aromatic heterocycles.